The topological polar surface area (TPSA) is 76.9 Å². The van der Waals surface area contributed by atoms with Gasteiger partial charge in [0.1, 0.15) is 0 Å². The molecule has 1 saturated heterocycles. The predicted molar refractivity (Wildman–Crippen MR) is 119 cm³/mol. The molecule has 0 amide bonds. The average Bonchev–Trinajstić information content (AvgIpc) is 3.14. The van der Waals surface area contributed by atoms with Gasteiger partial charge in [-0.2, -0.15) is 8.75 Å². The SMILES string of the molecule is Cc1nsnc1N1CCN(C(=NCCCc2ccc(C(C)(C)C)cc2)NO)CC1. The Morgan fingerprint density at radius 1 is 1.14 bits per heavy atom. The number of aryl methyl sites for hydroxylation is 2. The second kappa shape index (κ2) is 9.54. The van der Waals surface area contributed by atoms with Crippen molar-refractivity contribution in [2.75, 3.05) is 37.6 Å². The molecule has 2 N–H and O–H groups in total. The van der Waals surface area contributed by atoms with Crippen molar-refractivity contribution in [3.63, 3.8) is 0 Å². The first-order chi connectivity index (χ1) is 13.9. The molecule has 3 rings (SSSR count). The van der Waals surface area contributed by atoms with Crippen LogP contribution in [0.25, 0.3) is 0 Å². The van der Waals surface area contributed by atoms with Crippen LogP contribution in [0.15, 0.2) is 29.3 Å². The maximum atomic E-state index is 9.54. The number of nitrogens with zero attached hydrogens (tertiary/aromatic N) is 5. The lowest BCUT2D eigenvalue weighted by molar-refractivity contribution is 0.206. The Balaban J connectivity index is 1.46. The minimum atomic E-state index is 0.184. The van der Waals surface area contributed by atoms with Gasteiger partial charge in [-0.05, 0) is 36.3 Å². The molecular formula is C21H32N6OS. The molecule has 1 aliphatic heterocycles. The van der Waals surface area contributed by atoms with Crippen molar-refractivity contribution >= 4 is 23.5 Å². The number of hydrogen-bond donors (Lipinski definition) is 2. The second-order valence-corrected chi connectivity index (χ2v) is 9.04. The van der Waals surface area contributed by atoms with E-state index in [1.807, 2.05) is 6.92 Å². The van der Waals surface area contributed by atoms with Gasteiger partial charge in [-0.25, -0.2) is 5.48 Å². The van der Waals surface area contributed by atoms with E-state index >= 15 is 0 Å². The highest BCUT2D eigenvalue weighted by Gasteiger charge is 2.22. The Morgan fingerprint density at radius 2 is 1.83 bits per heavy atom. The van der Waals surface area contributed by atoms with E-state index < -0.39 is 0 Å². The Bertz CT molecular complexity index is 803. The number of anilines is 1. The molecular weight excluding hydrogens is 384 g/mol. The molecule has 0 bridgehead atoms. The van der Waals surface area contributed by atoms with Gasteiger partial charge >= 0.3 is 0 Å². The van der Waals surface area contributed by atoms with Crippen LogP contribution in [0.3, 0.4) is 0 Å². The normalized spacial score (nSPS) is 15.7. The zero-order chi connectivity index (χ0) is 20.9. The van der Waals surface area contributed by atoms with Crippen LogP contribution in [0.1, 0.15) is 44.0 Å². The van der Waals surface area contributed by atoms with E-state index in [0.29, 0.717) is 12.5 Å². The Labute approximate surface area is 177 Å². The maximum Gasteiger partial charge on any atom is 0.218 e. The van der Waals surface area contributed by atoms with Crippen molar-refractivity contribution in [2.45, 2.75) is 46.0 Å². The summed E-state index contributed by atoms with van der Waals surface area (Å²) in [7, 11) is 0. The van der Waals surface area contributed by atoms with Crippen LogP contribution < -0.4 is 10.4 Å². The number of nitrogens with one attached hydrogen (secondary N) is 1. The fourth-order valence-electron chi connectivity index (χ4n) is 3.49. The standard InChI is InChI=1S/C21H32N6OS/c1-16-19(25-29-24-16)26-12-14-27(15-13-26)20(23-28)22-11-5-6-17-7-9-18(10-8-17)21(2,3)4/h7-10,28H,5-6,11-15H2,1-4H3,(H,22,23). The van der Waals surface area contributed by atoms with E-state index in [1.54, 1.807) is 0 Å². The van der Waals surface area contributed by atoms with Gasteiger partial charge in [0.15, 0.2) is 5.82 Å². The summed E-state index contributed by atoms with van der Waals surface area (Å²) < 4.78 is 8.63. The molecule has 0 spiro atoms. The average molecular weight is 417 g/mol. The highest BCUT2D eigenvalue weighted by Crippen LogP contribution is 2.22. The van der Waals surface area contributed by atoms with Crippen LogP contribution in [0.4, 0.5) is 5.82 Å². The van der Waals surface area contributed by atoms with Gasteiger partial charge < -0.3 is 9.80 Å². The van der Waals surface area contributed by atoms with Gasteiger partial charge in [0.25, 0.3) is 0 Å². The second-order valence-electron chi connectivity index (χ2n) is 8.51. The van der Waals surface area contributed by atoms with Crippen molar-refractivity contribution in [3.05, 3.63) is 41.1 Å². The quantitative estimate of drug-likeness (QED) is 0.337. The van der Waals surface area contributed by atoms with Crippen LogP contribution in [0, 0.1) is 6.92 Å². The number of piperazine rings is 1. The smallest absolute Gasteiger partial charge is 0.218 e. The zero-order valence-corrected chi connectivity index (χ0v) is 18.7. The van der Waals surface area contributed by atoms with E-state index in [9.17, 15) is 5.21 Å². The van der Waals surface area contributed by atoms with Gasteiger partial charge in [-0.3, -0.25) is 10.2 Å². The molecule has 1 aromatic heterocycles. The number of hydrogen-bond acceptors (Lipinski definition) is 6. The summed E-state index contributed by atoms with van der Waals surface area (Å²) in [6.45, 7) is 12.6. The summed E-state index contributed by atoms with van der Waals surface area (Å²) in [6.07, 6.45) is 1.93. The third-order valence-corrected chi connectivity index (χ3v) is 5.92. The molecule has 0 radical (unpaired) electrons. The summed E-state index contributed by atoms with van der Waals surface area (Å²) in [6, 6.07) is 8.87. The van der Waals surface area contributed by atoms with E-state index in [2.05, 4.69) is 74.1 Å². The molecule has 0 unspecified atom stereocenters. The van der Waals surface area contributed by atoms with Crippen molar-refractivity contribution < 1.29 is 5.21 Å². The van der Waals surface area contributed by atoms with Gasteiger partial charge in [-0.15, -0.1) is 0 Å². The number of rotatable bonds is 5. The number of aliphatic imine (C=N–C) groups is 1. The Morgan fingerprint density at radius 3 is 2.38 bits per heavy atom. The van der Waals surface area contributed by atoms with Crippen LogP contribution in [-0.4, -0.2) is 57.5 Å². The molecule has 7 nitrogen and oxygen atoms in total. The molecule has 1 aliphatic rings. The lowest BCUT2D eigenvalue weighted by Gasteiger charge is -2.36. The van der Waals surface area contributed by atoms with E-state index in [4.69, 9.17) is 0 Å². The molecule has 1 fully saturated rings. The molecule has 2 aromatic rings. The van der Waals surface area contributed by atoms with Crippen molar-refractivity contribution in [2.24, 2.45) is 4.99 Å². The van der Waals surface area contributed by atoms with Gasteiger partial charge in [0, 0.05) is 32.7 Å². The first kappa shape index (κ1) is 21.5. The summed E-state index contributed by atoms with van der Waals surface area (Å²) in [5, 5.41) is 9.54. The lowest BCUT2D eigenvalue weighted by Crippen LogP contribution is -2.52. The number of guanidine groups is 1. The molecule has 8 heteroatoms. The van der Waals surface area contributed by atoms with Crippen molar-refractivity contribution in [3.8, 4) is 0 Å². The molecule has 1 aromatic carbocycles. The van der Waals surface area contributed by atoms with Crippen LogP contribution in [-0.2, 0) is 11.8 Å². The molecule has 158 valence electrons. The Kier molecular flexibility index (Phi) is 7.08. The first-order valence-corrected chi connectivity index (χ1v) is 10.9. The van der Waals surface area contributed by atoms with Crippen molar-refractivity contribution in [1.82, 2.24) is 19.1 Å². The van der Waals surface area contributed by atoms with E-state index in [-0.39, 0.29) is 5.41 Å². The molecule has 0 atom stereocenters. The molecule has 0 aliphatic carbocycles. The van der Waals surface area contributed by atoms with Crippen LogP contribution in [0.2, 0.25) is 0 Å². The third kappa shape index (κ3) is 5.67. The molecule has 0 saturated carbocycles. The monoisotopic (exact) mass is 416 g/mol. The fraction of sp³-hybridized carbons (Fsp3) is 0.571. The minimum Gasteiger partial charge on any atom is -0.351 e. The largest absolute Gasteiger partial charge is 0.351 e. The molecule has 29 heavy (non-hydrogen) atoms. The lowest BCUT2D eigenvalue weighted by atomic mass is 9.86. The van der Waals surface area contributed by atoms with Gasteiger partial charge in [0.2, 0.25) is 5.96 Å². The molecule has 2 heterocycles. The van der Waals surface area contributed by atoms with Gasteiger partial charge in [0.05, 0.1) is 17.4 Å². The summed E-state index contributed by atoms with van der Waals surface area (Å²) >= 11 is 1.25. The van der Waals surface area contributed by atoms with Crippen molar-refractivity contribution in [1.29, 1.82) is 0 Å². The summed E-state index contributed by atoms with van der Waals surface area (Å²) in [4.78, 5) is 8.91. The summed E-state index contributed by atoms with van der Waals surface area (Å²) in [5.41, 5.74) is 6.13. The van der Waals surface area contributed by atoms with E-state index in [1.165, 1.54) is 22.9 Å². The third-order valence-electron chi connectivity index (χ3n) is 5.31. The fourth-order valence-corrected chi connectivity index (χ4v) is 4.06. The van der Waals surface area contributed by atoms with Crippen LogP contribution in [0.5, 0.6) is 0 Å². The maximum absolute atomic E-state index is 9.54. The number of hydroxylamine groups is 1. The highest BCUT2D eigenvalue weighted by molar-refractivity contribution is 6.99. The van der Waals surface area contributed by atoms with Crippen LogP contribution >= 0.6 is 11.7 Å². The number of aromatic nitrogens is 2. The predicted octanol–water partition coefficient (Wildman–Crippen LogP) is 3.23. The minimum absolute atomic E-state index is 0.184. The first-order valence-electron chi connectivity index (χ1n) is 10.2. The number of benzene rings is 1. The summed E-state index contributed by atoms with van der Waals surface area (Å²) in [5.74, 6) is 1.53. The van der Waals surface area contributed by atoms with E-state index in [0.717, 1.165) is 50.5 Å². The highest BCUT2D eigenvalue weighted by atomic mass is 32.1. The Hall–Kier alpha value is -2.19. The zero-order valence-electron chi connectivity index (χ0n) is 17.9. The van der Waals surface area contributed by atoms with Gasteiger partial charge in [-0.1, -0.05) is 45.0 Å².